The van der Waals surface area contributed by atoms with E-state index in [9.17, 15) is 9.59 Å². The first kappa shape index (κ1) is 24.1. The second-order valence-electron chi connectivity index (χ2n) is 8.70. The van der Waals surface area contributed by atoms with Crippen LogP contribution in [0.2, 0.25) is 0 Å². The standard InChI is InChI=1S/C29H30N2O4/c1-19-11-12-23(16-20(19)2)31-27(32)18-30(25-14-13-24(34-4)17-26(25)35-5)29(33)28(31)21(3)15-22-9-7-6-8-10-22/h6-17,28H,18H2,1-5H3. The Morgan fingerprint density at radius 3 is 2.31 bits per heavy atom. The zero-order valence-electron chi connectivity index (χ0n) is 20.7. The number of hydrogen-bond acceptors (Lipinski definition) is 4. The number of hydrogen-bond donors (Lipinski definition) is 0. The molecule has 1 saturated heterocycles. The quantitative estimate of drug-likeness (QED) is 0.499. The normalized spacial score (nSPS) is 16.5. The Labute approximate surface area is 206 Å². The van der Waals surface area contributed by atoms with Gasteiger partial charge >= 0.3 is 0 Å². The molecule has 0 aromatic heterocycles. The van der Waals surface area contributed by atoms with Crippen LogP contribution in [0.4, 0.5) is 11.4 Å². The molecule has 35 heavy (non-hydrogen) atoms. The SMILES string of the molecule is COc1ccc(N2CC(=O)N(c3ccc(C)c(C)c3)C(C(C)=Cc3ccccc3)C2=O)c(OC)c1. The number of nitrogens with zero attached hydrogens (tertiary/aromatic N) is 2. The van der Waals surface area contributed by atoms with Gasteiger partial charge in [-0.1, -0.05) is 42.5 Å². The van der Waals surface area contributed by atoms with Crippen molar-refractivity contribution in [2.75, 3.05) is 30.6 Å². The Morgan fingerprint density at radius 2 is 1.66 bits per heavy atom. The van der Waals surface area contributed by atoms with E-state index in [-0.39, 0.29) is 18.4 Å². The number of rotatable bonds is 6. The summed E-state index contributed by atoms with van der Waals surface area (Å²) in [6.07, 6.45) is 1.96. The van der Waals surface area contributed by atoms with Gasteiger partial charge in [0.2, 0.25) is 5.91 Å². The fourth-order valence-corrected chi connectivity index (χ4v) is 4.36. The fourth-order valence-electron chi connectivity index (χ4n) is 4.36. The topological polar surface area (TPSA) is 59.1 Å². The van der Waals surface area contributed by atoms with Gasteiger partial charge in [-0.3, -0.25) is 19.4 Å². The molecule has 0 bridgehead atoms. The molecule has 4 rings (SSSR count). The van der Waals surface area contributed by atoms with E-state index in [0.717, 1.165) is 22.3 Å². The summed E-state index contributed by atoms with van der Waals surface area (Å²) in [7, 11) is 3.10. The van der Waals surface area contributed by atoms with Crippen molar-refractivity contribution in [1.82, 2.24) is 0 Å². The summed E-state index contributed by atoms with van der Waals surface area (Å²) in [6, 6.07) is 20.1. The second kappa shape index (κ2) is 10.1. The maximum Gasteiger partial charge on any atom is 0.255 e. The molecular formula is C29H30N2O4. The summed E-state index contributed by atoms with van der Waals surface area (Å²) in [5.74, 6) is 0.705. The highest BCUT2D eigenvalue weighted by Gasteiger charge is 2.42. The summed E-state index contributed by atoms with van der Waals surface area (Å²) in [4.78, 5) is 30.8. The van der Waals surface area contributed by atoms with Crippen molar-refractivity contribution in [3.05, 3.63) is 89.0 Å². The Bertz CT molecular complexity index is 1280. The summed E-state index contributed by atoms with van der Waals surface area (Å²) in [5, 5.41) is 0. The van der Waals surface area contributed by atoms with Crippen LogP contribution in [-0.4, -0.2) is 38.6 Å². The molecule has 0 N–H and O–H groups in total. The van der Waals surface area contributed by atoms with Crippen LogP contribution < -0.4 is 19.3 Å². The number of aryl methyl sites for hydroxylation is 2. The maximum atomic E-state index is 14.1. The third kappa shape index (κ3) is 4.78. The van der Waals surface area contributed by atoms with Gasteiger partial charge in [0.15, 0.2) is 0 Å². The van der Waals surface area contributed by atoms with Crippen molar-refractivity contribution in [3.63, 3.8) is 0 Å². The van der Waals surface area contributed by atoms with Crippen LogP contribution in [-0.2, 0) is 9.59 Å². The molecule has 3 aromatic carbocycles. The minimum Gasteiger partial charge on any atom is -0.497 e. The Hall–Kier alpha value is -4.06. The minimum absolute atomic E-state index is 0.0937. The molecular weight excluding hydrogens is 440 g/mol. The van der Waals surface area contributed by atoms with Crippen LogP contribution in [0.5, 0.6) is 11.5 Å². The maximum absolute atomic E-state index is 14.1. The van der Waals surface area contributed by atoms with Gasteiger partial charge in [-0.15, -0.1) is 0 Å². The number of carbonyl (C=O) groups excluding carboxylic acids is 2. The first-order valence-electron chi connectivity index (χ1n) is 11.5. The molecule has 1 unspecified atom stereocenters. The Kier molecular flexibility index (Phi) is 6.92. The highest BCUT2D eigenvalue weighted by Crippen LogP contribution is 2.36. The Morgan fingerprint density at radius 1 is 0.914 bits per heavy atom. The third-order valence-corrected chi connectivity index (χ3v) is 6.39. The molecule has 2 amide bonds. The van der Waals surface area contributed by atoms with E-state index in [4.69, 9.17) is 9.47 Å². The number of carbonyl (C=O) groups is 2. The predicted octanol–water partition coefficient (Wildman–Crippen LogP) is 5.17. The largest absolute Gasteiger partial charge is 0.497 e. The highest BCUT2D eigenvalue weighted by molar-refractivity contribution is 6.16. The van der Waals surface area contributed by atoms with Crippen molar-refractivity contribution in [1.29, 1.82) is 0 Å². The van der Waals surface area contributed by atoms with E-state index in [2.05, 4.69) is 0 Å². The van der Waals surface area contributed by atoms with Gasteiger partial charge < -0.3 is 9.47 Å². The van der Waals surface area contributed by atoms with Crippen LogP contribution in [0, 0.1) is 13.8 Å². The van der Waals surface area contributed by atoms with Crippen molar-refractivity contribution in [3.8, 4) is 11.5 Å². The van der Waals surface area contributed by atoms with Crippen molar-refractivity contribution in [2.45, 2.75) is 26.8 Å². The summed E-state index contributed by atoms with van der Waals surface area (Å²) in [6.45, 7) is 5.83. The molecule has 0 spiro atoms. The highest BCUT2D eigenvalue weighted by atomic mass is 16.5. The Balaban J connectivity index is 1.83. The lowest BCUT2D eigenvalue weighted by Crippen LogP contribution is -2.61. The molecule has 0 radical (unpaired) electrons. The van der Waals surface area contributed by atoms with Crippen LogP contribution in [0.3, 0.4) is 0 Å². The molecule has 6 heteroatoms. The van der Waals surface area contributed by atoms with Gasteiger partial charge in [0.05, 0.1) is 19.9 Å². The number of ether oxygens (including phenoxy) is 2. The van der Waals surface area contributed by atoms with Gasteiger partial charge in [-0.05, 0) is 67.3 Å². The molecule has 1 fully saturated rings. The molecule has 0 aliphatic carbocycles. The number of anilines is 2. The second-order valence-corrected chi connectivity index (χ2v) is 8.70. The molecule has 1 heterocycles. The minimum atomic E-state index is -0.801. The van der Waals surface area contributed by atoms with Crippen LogP contribution in [0.1, 0.15) is 23.6 Å². The molecule has 180 valence electrons. The average Bonchev–Trinajstić information content (AvgIpc) is 2.86. The number of methoxy groups -OCH3 is 2. The lowest BCUT2D eigenvalue weighted by Gasteiger charge is -2.41. The van der Waals surface area contributed by atoms with E-state index in [0.29, 0.717) is 22.9 Å². The predicted molar refractivity (Wildman–Crippen MR) is 139 cm³/mol. The van der Waals surface area contributed by atoms with E-state index >= 15 is 0 Å². The van der Waals surface area contributed by atoms with Crippen molar-refractivity contribution in [2.24, 2.45) is 0 Å². The summed E-state index contributed by atoms with van der Waals surface area (Å²) < 4.78 is 10.8. The molecule has 1 atom stereocenters. The molecule has 6 nitrogen and oxygen atoms in total. The fraction of sp³-hybridized carbons (Fsp3) is 0.241. The molecule has 1 aliphatic heterocycles. The number of benzene rings is 3. The number of amides is 2. The van der Waals surface area contributed by atoms with E-state index in [1.165, 1.54) is 12.0 Å². The first-order chi connectivity index (χ1) is 16.8. The third-order valence-electron chi connectivity index (χ3n) is 6.39. The van der Waals surface area contributed by atoms with Gasteiger partial charge in [0.1, 0.15) is 24.1 Å². The smallest absolute Gasteiger partial charge is 0.255 e. The van der Waals surface area contributed by atoms with Crippen molar-refractivity contribution >= 4 is 29.3 Å². The lowest BCUT2D eigenvalue weighted by atomic mass is 9.97. The van der Waals surface area contributed by atoms with E-state index in [1.807, 2.05) is 75.4 Å². The number of piperazine rings is 1. The van der Waals surface area contributed by atoms with Gasteiger partial charge in [0.25, 0.3) is 5.91 Å². The summed E-state index contributed by atoms with van der Waals surface area (Å²) in [5.41, 5.74) is 5.16. The lowest BCUT2D eigenvalue weighted by molar-refractivity contribution is -0.127. The molecule has 0 saturated carbocycles. The van der Waals surface area contributed by atoms with Gasteiger partial charge in [-0.2, -0.15) is 0 Å². The van der Waals surface area contributed by atoms with Gasteiger partial charge in [0, 0.05) is 11.8 Å². The van der Waals surface area contributed by atoms with Crippen molar-refractivity contribution < 1.29 is 19.1 Å². The van der Waals surface area contributed by atoms with E-state index < -0.39 is 6.04 Å². The zero-order valence-corrected chi connectivity index (χ0v) is 20.7. The molecule has 3 aromatic rings. The zero-order chi connectivity index (χ0) is 25.1. The average molecular weight is 471 g/mol. The summed E-state index contributed by atoms with van der Waals surface area (Å²) >= 11 is 0. The van der Waals surface area contributed by atoms with Crippen LogP contribution >= 0.6 is 0 Å². The first-order valence-corrected chi connectivity index (χ1v) is 11.5. The van der Waals surface area contributed by atoms with Crippen LogP contribution in [0.25, 0.3) is 6.08 Å². The monoisotopic (exact) mass is 470 g/mol. The van der Waals surface area contributed by atoms with Crippen LogP contribution in [0.15, 0.2) is 72.3 Å². The van der Waals surface area contributed by atoms with Gasteiger partial charge in [-0.25, -0.2) is 0 Å². The van der Waals surface area contributed by atoms with E-state index in [1.54, 1.807) is 30.2 Å². The molecule has 1 aliphatic rings.